The molecule has 0 N–H and O–H groups in total. The Labute approximate surface area is 148 Å². The van der Waals surface area contributed by atoms with Gasteiger partial charge in [0.05, 0.1) is 5.69 Å². The molecule has 0 atom stereocenters. The van der Waals surface area contributed by atoms with Gasteiger partial charge in [-0.3, -0.25) is 9.59 Å². The Balaban J connectivity index is 1.68. The molecule has 3 rings (SSSR count). The number of amides is 1. The van der Waals surface area contributed by atoms with Crippen LogP contribution >= 0.6 is 0 Å². The first-order valence-electron chi connectivity index (χ1n) is 8.16. The first-order valence-corrected chi connectivity index (χ1v) is 8.16. The van der Waals surface area contributed by atoms with Crippen LogP contribution in [0.25, 0.3) is 0 Å². The number of benzene rings is 2. The number of carbonyl (C=O) groups is 2. The Hall–Kier alpha value is -2.83. The van der Waals surface area contributed by atoms with Gasteiger partial charge in [0, 0.05) is 37.3 Å². The Bertz CT molecular complexity index is 862. The van der Waals surface area contributed by atoms with E-state index in [1.165, 1.54) is 24.0 Å². The zero-order chi connectivity index (χ0) is 18.8. The summed E-state index contributed by atoms with van der Waals surface area (Å²) in [5.74, 6) is -3.16. The largest absolute Gasteiger partial charge is 0.366 e. The number of ketones is 1. The summed E-state index contributed by atoms with van der Waals surface area (Å²) in [6, 6.07) is 7.37. The summed E-state index contributed by atoms with van der Waals surface area (Å²) in [5, 5.41) is 0. The fraction of sp³-hybridized carbons (Fsp3) is 0.263. The highest BCUT2D eigenvalue weighted by atomic mass is 19.2. The highest BCUT2D eigenvalue weighted by Gasteiger charge is 2.24. The van der Waals surface area contributed by atoms with Gasteiger partial charge >= 0.3 is 0 Å². The molecule has 136 valence electrons. The lowest BCUT2D eigenvalue weighted by molar-refractivity contribution is 0.0745. The molecular weight excluding hydrogens is 345 g/mol. The van der Waals surface area contributed by atoms with Gasteiger partial charge in [0.1, 0.15) is 5.82 Å². The first kappa shape index (κ1) is 18.0. The van der Waals surface area contributed by atoms with E-state index in [4.69, 9.17) is 0 Å². The second-order valence-electron chi connectivity index (χ2n) is 6.13. The van der Waals surface area contributed by atoms with Gasteiger partial charge in [0.2, 0.25) is 0 Å². The quantitative estimate of drug-likeness (QED) is 0.787. The van der Waals surface area contributed by atoms with Crippen LogP contribution in [0.5, 0.6) is 0 Å². The third-order valence-electron chi connectivity index (χ3n) is 4.43. The number of piperazine rings is 1. The molecule has 2 aromatic carbocycles. The van der Waals surface area contributed by atoms with Crippen LogP contribution in [0.15, 0.2) is 36.4 Å². The Morgan fingerprint density at radius 1 is 0.808 bits per heavy atom. The summed E-state index contributed by atoms with van der Waals surface area (Å²) in [6.45, 7) is 2.81. The predicted molar refractivity (Wildman–Crippen MR) is 90.9 cm³/mol. The second kappa shape index (κ2) is 7.19. The van der Waals surface area contributed by atoms with Gasteiger partial charge < -0.3 is 9.80 Å². The van der Waals surface area contributed by atoms with E-state index >= 15 is 0 Å². The van der Waals surface area contributed by atoms with Crippen molar-refractivity contribution in [3.63, 3.8) is 0 Å². The fourth-order valence-electron chi connectivity index (χ4n) is 2.94. The van der Waals surface area contributed by atoms with E-state index in [-0.39, 0.29) is 11.3 Å². The normalized spacial score (nSPS) is 14.5. The van der Waals surface area contributed by atoms with E-state index in [0.29, 0.717) is 37.4 Å². The van der Waals surface area contributed by atoms with Crippen molar-refractivity contribution in [1.29, 1.82) is 0 Å². The van der Waals surface area contributed by atoms with Crippen molar-refractivity contribution in [3.8, 4) is 0 Å². The molecule has 1 aliphatic heterocycles. The van der Waals surface area contributed by atoms with Gasteiger partial charge in [-0.05, 0) is 43.3 Å². The van der Waals surface area contributed by atoms with E-state index in [1.54, 1.807) is 17.0 Å². The minimum atomic E-state index is -1.07. The van der Waals surface area contributed by atoms with Crippen molar-refractivity contribution < 1.29 is 22.8 Å². The zero-order valence-corrected chi connectivity index (χ0v) is 14.1. The van der Waals surface area contributed by atoms with Gasteiger partial charge in [-0.2, -0.15) is 0 Å². The molecule has 1 fully saturated rings. The van der Waals surface area contributed by atoms with Crippen LogP contribution in [0, 0.1) is 17.5 Å². The SMILES string of the molecule is CC(=O)c1ccc(N2CCN(C(=O)c3ccc(F)c(F)c3)CC2)c(F)c1. The maximum Gasteiger partial charge on any atom is 0.254 e. The summed E-state index contributed by atoms with van der Waals surface area (Å²) in [6.07, 6.45) is 0. The van der Waals surface area contributed by atoms with Crippen molar-refractivity contribution in [2.45, 2.75) is 6.92 Å². The van der Waals surface area contributed by atoms with E-state index in [9.17, 15) is 22.8 Å². The second-order valence-corrected chi connectivity index (χ2v) is 6.13. The number of hydrogen-bond acceptors (Lipinski definition) is 3. The smallest absolute Gasteiger partial charge is 0.254 e. The van der Waals surface area contributed by atoms with E-state index in [2.05, 4.69) is 0 Å². The number of rotatable bonds is 3. The lowest BCUT2D eigenvalue weighted by Crippen LogP contribution is -2.49. The minimum absolute atomic E-state index is 0.0781. The van der Waals surface area contributed by atoms with Gasteiger partial charge in [0.25, 0.3) is 5.91 Å². The molecule has 0 radical (unpaired) electrons. The molecule has 0 saturated carbocycles. The lowest BCUT2D eigenvalue weighted by Gasteiger charge is -2.36. The van der Waals surface area contributed by atoms with Gasteiger partial charge in [-0.25, -0.2) is 13.2 Å². The third kappa shape index (κ3) is 3.56. The molecule has 0 aliphatic carbocycles. The molecule has 26 heavy (non-hydrogen) atoms. The average molecular weight is 362 g/mol. The number of hydrogen-bond donors (Lipinski definition) is 0. The number of nitrogens with zero attached hydrogens (tertiary/aromatic N) is 2. The summed E-state index contributed by atoms with van der Waals surface area (Å²) < 4.78 is 40.5. The molecule has 0 bridgehead atoms. The summed E-state index contributed by atoms with van der Waals surface area (Å²) in [5.41, 5.74) is 0.752. The maximum absolute atomic E-state index is 14.2. The van der Waals surface area contributed by atoms with Crippen molar-refractivity contribution >= 4 is 17.4 Å². The highest BCUT2D eigenvalue weighted by molar-refractivity contribution is 5.95. The molecule has 7 heteroatoms. The Morgan fingerprint density at radius 3 is 2.00 bits per heavy atom. The van der Waals surface area contributed by atoms with Gasteiger partial charge in [-0.1, -0.05) is 0 Å². The number of halogens is 3. The van der Waals surface area contributed by atoms with Gasteiger partial charge in [-0.15, -0.1) is 0 Å². The molecular formula is C19H17F3N2O2. The van der Waals surface area contributed by atoms with E-state index in [1.807, 2.05) is 0 Å². The lowest BCUT2D eigenvalue weighted by atomic mass is 10.1. The average Bonchev–Trinajstić information content (AvgIpc) is 2.63. The highest BCUT2D eigenvalue weighted by Crippen LogP contribution is 2.23. The van der Waals surface area contributed by atoms with Crippen LogP contribution in [-0.2, 0) is 0 Å². The third-order valence-corrected chi connectivity index (χ3v) is 4.43. The maximum atomic E-state index is 14.2. The summed E-state index contributed by atoms with van der Waals surface area (Å²) in [4.78, 5) is 27.0. The standard InChI is InChI=1S/C19H17F3N2O2/c1-12(25)13-3-5-18(17(22)10-13)23-6-8-24(9-7-23)19(26)14-2-4-15(20)16(21)11-14/h2-5,10-11H,6-9H2,1H3. The number of Topliss-reactive ketones (excluding diaryl/α,β-unsaturated/α-hetero) is 1. The Kier molecular flexibility index (Phi) is 4.97. The number of carbonyl (C=O) groups excluding carboxylic acids is 2. The monoisotopic (exact) mass is 362 g/mol. The van der Waals surface area contributed by atoms with E-state index in [0.717, 1.165) is 12.1 Å². The molecule has 1 amide bonds. The topological polar surface area (TPSA) is 40.6 Å². The number of anilines is 1. The molecule has 4 nitrogen and oxygen atoms in total. The van der Waals surface area contributed by atoms with Crippen LogP contribution in [0.4, 0.5) is 18.9 Å². The van der Waals surface area contributed by atoms with Gasteiger partial charge in [0.15, 0.2) is 17.4 Å². The van der Waals surface area contributed by atoms with Crippen LogP contribution in [0.2, 0.25) is 0 Å². The minimum Gasteiger partial charge on any atom is -0.366 e. The first-order chi connectivity index (χ1) is 12.4. The van der Waals surface area contributed by atoms with Crippen molar-refractivity contribution in [3.05, 3.63) is 65.0 Å². The van der Waals surface area contributed by atoms with Crippen LogP contribution in [0.1, 0.15) is 27.6 Å². The fourth-order valence-corrected chi connectivity index (χ4v) is 2.94. The summed E-state index contributed by atoms with van der Waals surface area (Å²) >= 11 is 0. The van der Waals surface area contributed by atoms with Crippen LogP contribution in [-0.4, -0.2) is 42.8 Å². The zero-order valence-electron chi connectivity index (χ0n) is 14.1. The van der Waals surface area contributed by atoms with Crippen LogP contribution in [0.3, 0.4) is 0 Å². The molecule has 0 spiro atoms. The molecule has 1 heterocycles. The van der Waals surface area contributed by atoms with Crippen LogP contribution < -0.4 is 4.90 Å². The van der Waals surface area contributed by atoms with Crippen molar-refractivity contribution in [2.24, 2.45) is 0 Å². The predicted octanol–water partition coefficient (Wildman–Crippen LogP) is 3.27. The molecule has 0 unspecified atom stereocenters. The molecule has 2 aromatic rings. The summed E-state index contributed by atoms with van der Waals surface area (Å²) in [7, 11) is 0. The molecule has 1 aliphatic rings. The Morgan fingerprint density at radius 2 is 1.42 bits per heavy atom. The van der Waals surface area contributed by atoms with Crippen molar-refractivity contribution in [2.75, 3.05) is 31.1 Å². The molecule has 1 saturated heterocycles. The molecule has 0 aromatic heterocycles. The van der Waals surface area contributed by atoms with E-state index < -0.39 is 23.4 Å². The van der Waals surface area contributed by atoms with Crippen molar-refractivity contribution in [1.82, 2.24) is 4.90 Å².